The molecule has 0 aliphatic heterocycles. The molecule has 2 aromatic carbocycles. The van der Waals surface area contributed by atoms with Crippen LogP contribution in [0.1, 0.15) is 27.1 Å². The fourth-order valence-corrected chi connectivity index (χ4v) is 2.80. The number of nitrogens with zero attached hydrogens (tertiary/aromatic N) is 1. The van der Waals surface area contributed by atoms with Crippen LogP contribution in [0.3, 0.4) is 0 Å². The number of benzene rings is 2. The number of nitrogens with one attached hydrogen (secondary N) is 1. The predicted molar refractivity (Wildman–Crippen MR) is 108 cm³/mol. The van der Waals surface area contributed by atoms with Crippen molar-refractivity contribution in [2.45, 2.75) is 6.42 Å². The van der Waals surface area contributed by atoms with Gasteiger partial charge in [-0.2, -0.15) is 0 Å². The number of fused-ring (bicyclic) bond motifs is 1. The third-order valence-electron chi connectivity index (χ3n) is 4.10. The molecule has 0 fully saturated rings. The summed E-state index contributed by atoms with van der Waals surface area (Å²) in [4.78, 5) is 46.3. The van der Waals surface area contributed by atoms with Crippen molar-refractivity contribution in [2.75, 3.05) is 13.2 Å². The molecule has 3 aromatic rings. The van der Waals surface area contributed by atoms with Gasteiger partial charge < -0.3 is 14.5 Å². The summed E-state index contributed by atoms with van der Waals surface area (Å²) in [7, 11) is 0. The standard InChI is InChI=1S/C20H15ClN2O7/c21-15-7-6-13(11-16(15)23(27)28)19(25)29-9-3-8-22-18(24)14-10-12-4-1-2-5-17(12)30-20(14)26/h1-2,4-7,10-11H,3,8-9H2,(H,22,24). The van der Waals surface area contributed by atoms with Gasteiger partial charge in [-0.05, 0) is 30.7 Å². The smallest absolute Gasteiger partial charge is 0.349 e. The maximum absolute atomic E-state index is 12.2. The summed E-state index contributed by atoms with van der Waals surface area (Å²) in [6.07, 6.45) is 0.270. The van der Waals surface area contributed by atoms with Crippen LogP contribution in [0, 0.1) is 10.1 Å². The van der Waals surface area contributed by atoms with Gasteiger partial charge in [-0.25, -0.2) is 9.59 Å². The van der Waals surface area contributed by atoms with Gasteiger partial charge in [-0.15, -0.1) is 0 Å². The molecule has 0 aliphatic carbocycles. The molecule has 154 valence electrons. The Hall–Kier alpha value is -3.72. The second kappa shape index (κ2) is 9.19. The summed E-state index contributed by atoms with van der Waals surface area (Å²) in [5.41, 5.74) is -0.897. The molecule has 0 saturated carbocycles. The van der Waals surface area contributed by atoms with Crippen LogP contribution in [0.4, 0.5) is 5.69 Å². The summed E-state index contributed by atoms with van der Waals surface area (Å²) in [5, 5.41) is 14.0. The van der Waals surface area contributed by atoms with E-state index in [0.29, 0.717) is 11.0 Å². The third kappa shape index (κ3) is 4.81. The van der Waals surface area contributed by atoms with Crippen LogP contribution in [0.5, 0.6) is 0 Å². The fourth-order valence-electron chi connectivity index (χ4n) is 2.62. The molecule has 0 atom stereocenters. The van der Waals surface area contributed by atoms with E-state index in [1.54, 1.807) is 24.3 Å². The highest BCUT2D eigenvalue weighted by molar-refractivity contribution is 6.32. The van der Waals surface area contributed by atoms with Crippen LogP contribution in [0.2, 0.25) is 5.02 Å². The average molecular weight is 431 g/mol. The minimum Gasteiger partial charge on any atom is -0.462 e. The lowest BCUT2D eigenvalue weighted by Crippen LogP contribution is -2.29. The Kier molecular flexibility index (Phi) is 6.43. The van der Waals surface area contributed by atoms with Crippen molar-refractivity contribution in [1.82, 2.24) is 5.32 Å². The van der Waals surface area contributed by atoms with Crippen LogP contribution in [-0.4, -0.2) is 30.0 Å². The summed E-state index contributed by atoms with van der Waals surface area (Å²) >= 11 is 5.70. The number of nitro benzene ring substituents is 1. The first kappa shape index (κ1) is 21.0. The fraction of sp³-hybridized carbons (Fsp3) is 0.150. The van der Waals surface area contributed by atoms with E-state index in [2.05, 4.69) is 5.32 Å². The summed E-state index contributed by atoms with van der Waals surface area (Å²) in [6.45, 7) is 0.0982. The number of esters is 1. The first-order valence-electron chi connectivity index (χ1n) is 8.79. The van der Waals surface area contributed by atoms with Crippen molar-refractivity contribution in [3.63, 3.8) is 0 Å². The number of hydrogen-bond donors (Lipinski definition) is 1. The molecule has 1 heterocycles. The zero-order valence-corrected chi connectivity index (χ0v) is 16.2. The molecule has 0 saturated heterocycles. The second-order valence-electron chi connectivity index (χ2n) is 6.15. The Labute approximate surface area is 174 Å². The van der Waals surface area contributed by atoms with Gasteiger partial charge in [0.05, 0.1) is 17.1 Å². The molecule has 0 spiro atoms. The lowest BCUT2D eigenvalue weighted by Gasteiger charge is -2.07. The maximum atomic E-state index is 12.2. The van der Waals surface area contributed by atoms with Gasteiger partial charge in [0.1, 0.15) is 16.2 Å². The van der Waals surface area contributed by atoms with E-state index < -0.39 is 28.1 Å². The number of carbonyl (C=O) groups is 2. The minimum absolute atomic E-state index is 0.0103. The summed E-state index contributed by atoms with van der Waals surface area (Å²) in [6, 6.07) is 11.9. The lowest BCUT2D eigenvalue weighted by molar-refractivity contribution is -0.384. The second-order valence-corrected chi connectivity index (χ2v) is 6.56. The Balaban J connectivity index is 1.51. The Morgan fingerprint density at radius 2 is 1.93 bits per heavy atom. The van der Waals surface area contributed by atoms with E-state index in [-0.39, 0.29) is 35.7 Å². The SMILES string of the molecule is O=C(OCCCNC(=O)c1cc2ccccc2oc1=O)c1ccc(Cl)c([N+](=O)[O-])c1. The van der Waals surface area contributed by atoms with E-state index in [1.165, 1.54) is 18.2 Å². The molecule has 10 heteroatoms. The van der Waals surface area contributed by atoms with Crippen molar-refractivity contribution in [1.29, 1.82) is 0 Å². The predicted octanol–water partition coefficient (Wildman–Crippen LogP) is 3.33. The number of ether oxygens (including phenoxy) is 1. The first-order chi connectivity index (χ1) is 14.4. The zero-order valence-electron chi connectivity index (χ0n) is 15.4. The molecule has 1 N–H and O–H groups in total. The molecule has 0 aliphatic rings. The van der Waals surface area contributed by atoms with E-state index in [9.17, 15) is 24.5 Å². The molecule has 3 rings (SSSR count). The van der Waals surface area contributed by atoms with Crippen molar-refractivity contribution < 1.29 is 23.7 Å². The van der Waals surface area contributed by atoms with Gasteiger partial charge in [-0.1, -0.05) is 29.8 Å². The van der Waals surface area contributed by atoms with Crippen LogP contribution >= 0.6 is 11.6 Å². The van der Waals surface area contributed by atoms with Crippen molar-refractivity contribution in [2.24, 2.45) is 0 Å². The molecule has 1 amide bonds. The highest BCUT2D eigenvalue weighted by Crippen LogP contribution is 2.25. The number of rotatable bonds is 7. The Morgan fingerprint density at radius 3 is 2.70 bits per heavy atom. The average Bonchev–Trinajstić information content (AvgIpc) is 2.72. The van der Waals surface area contributed by atoms with E-state index in [4.69, 9.17) is 20.8 Å². The molecular formula is C20H15ClN2O7. The third-order valence-corrected chi connectivity index (χ3v) is 4.42. The van der Waals surface area contributed by atoms with E-state index >= 15 is 0 Å². The molecule has 9 nitrogen and oxygen atoms in total. The topological polar surface area (TPSA) is 129 Å². The van der Waals surface area contributed by atoms with Gasteiger partial charge in [-0.3, -0.25) is 14.9 Å². The van der Waals surface area contributed by atoms with Crippen LogP contribution in [0.15, 0.2) is 57.7 Å². The van der Waals surface area contributed by atoms with Crippen LogP contribution in [-0.2, 0) is 4.74 Å². The molecular weight excluding hydrogens is 416 g/mol. The molecule has 30 heavy (non-hydrogen) atoms. The largest absolute Gasteiger partial charge is 0.462 e. The number of para-hydroxylation sites is 1. The van der Waals surface area contributed by atoms with Crippen LogP contribution < -0.4 is 10.9 Å². The van der Waals surface area contributed by atoms with Gasteiger partial charge in [0.2, 0.25) is 0 Å². The van der Waals surface area contributed by atoms with Gasteiger partial charge in [0, 0.05) is 18.0 Å². The van der Waals surface area contributed by atoms with Gasteiger partial charge >= 0.3 is 11.6 Å². The quantitative estimate of drug-likeness (QED) is 0.200. The van der Waals surface area contributed by atoms with E-state index in [1.807, 2.05) is 0 Å². The molecule has 0 radical (unpaired) electrons. The highest BCUT2D eigenvalue weighted by atomic mass is 35.5. The Morgan fingerprint density at radius 1 is 1.17 bits per heavy atom. The van der Waals surface area contributed by atoms with Gasteiger partial charge in [0.15, 0.2) is 0 Å². The normalized spacial score (nSPS) is 10.6. The first-order valence-corrected chi connectivity index (χ1v) is 9.17. The molecule has 1 aromatic heterocycles. The number of hydrogen-bond acceptors (Lipinski definition) is 7. The molecule has 0 unspecified atom stereocenters. The maximum Gasteiger partial charge on any atom is 0.349 e. The van der Waals surface area contributed by atoms with Crippen molar-refractivity contribution >= 4 is 40.1 Å². The van der Waals surface area contributed by atoms with Crippen LogP contribution in [0.25, 0.3) is 11.0 Å². The van der Waals surface area contributed by atoms with Gasteiger partial charge in [0.25, 0.3) is 11.6 Å². The molecule has 0 bridgehead atoms. The highest BCUT2D eigenvalue weighted by Gasteiger charge is 2.17. The zero-order chi connectivity index (χ0) is 21.7. The summed E-state index contributed by atoms with van der Waals surface area (Å²) in [5.74, 6) is -1.36. The lowest BCUT2D eigenvalue weighted by atomic mass is 10.2. The number of amides is 1. The monoisotopic (exact) mass is 430 g/mol. The minimum atomic E-state index is -0.753. The van der Waals surface area contributed by atoms with E-state index in [0.717, 1.165) is 6.07 Å². The number of carbonyl (C=O) groups excluding carboxylic acids is 2. The number of nitro groups is 1. The number of halogens is 1. The van der Waals surface area contributed by atoms with Crippen molar-refractivity contribution in [3.05, 3.63) is 85.2 Å². The Bertz CT molecular complexity index is 1190. The van der Waals surface area contributed by atoms with Crippen molar-refractivity contribution in [3.8, 4) is 0 Å². The summed E-state index contributed by atoms with van der Waals surface area (Å²) < 4.78 is 10.1.